The van der Waals surface area contributed by atoms with Crippen LogP contribution in [0.15, 0.2) is 18.2 Å². The van der Waals surface area contributed by atoms with Crippen molar-refractivity contribution in [2.45, 2.75) is 40.5 Å². The zero-order valence-corrected chi connectivity index (χ0v) is 12.7. The lowest BCUT2D eigenvalue weighted by Crippen LogP contribution is -2.18. The molecular weight excluding hydrogens is 262 g/mol. The zero-order valence-electron chi connectivity index (χ0n) is 12.0. The van der Waals surface area contributed by atoms with Gasteiger partial charge in [-0.2, -0.15) is 0 Å². The van der Waals surface area contributed by atoms with Gasteiger partial charge in [-0.1, -0.05) is 39.3 Å². The van der Waals surface area contributed by atoms with Crippen molar-refractivity contribution in [2.24, 2.45) is 11.3 Å². The van der Waals surface area contributed by atoms with Crippen LogP contribution in [0.3, 0.4) is 0 Å². The molecule has 1 unspecified atom stereocenters. The first-order valence-electron chi connectivity index (χ1n) is 6.46. The lowest BCUT2D eigenvalue weighted by atomic mass is 9.84. The molecule has 0 aliphatic heterocycles. The predicted molar refractivity (Wildman–Crippen MR) is 79.6 cm³/mol. The summed E-state index contributed by atoms with van der Waals surface area (Å²) in [6, 6.07) is 4.65. The predicted octanol–water partition coefficient (Wildman–Crippen LogP) is 4.45. The highest BCUT2D eigenvalue weighted by molar-refractivity contribution is 6.32. The van der Waals surface area contributed by atoms with E-state index >= 15 is 0 Å². The number of phenolic OH excluding ortho intramolecular Hbond substituents is 1. The third kappa shape index (κ3) is 5.97. The molecule has 0 bridgehead atoms. The van der Waals surface area contributed by atoms with Crippen LogP contribution in [0.1, 0.15) is 40.5 Å². The standard InChI is InChI=1S/C15H22ClNO2/c1-10(9-15(2,3)4)7-14(19)17-11-5-6-13(18)12(16)8-11/h5-6,8,10,18H,7,9H2,1-4H3,(H,17,19). The number of carbonyl (C=O) groups is 1. The maximum atomic E-state index is 11.9. The second-order valence-corrected chi connectivity index (χ2v) is 6.70. The summed E-state index contributed by atoms with van der Waals surface area (Å²) in [6.07, 6.45) is 1.48. The number of amides is 1. The molecule has 19 heavy (non-hydrogen) atoms. The molecule has 0 aliphatic rings. The van der Waals surface area contributed by atoms with Crippen molar-refractivity contribution in [2.75, 3.05) is 5.32 Å². The summed E-state index contributed by atoms with van der Waals surface area (Å²) in [6.45, 7) is 8.58. The number of aromatic hydroxyl groups is 1. The molecule has 1 aromatic carbocycles. The van der Waals surface area contributed by atoms with Gasteiger partial charge in [-0.15, -0.1) is 0 Å². The Balaban J connectivity index is 2.53. The van der Waals surface area contributed by atoms with Crippen LogP contribution in [0.5, 0.6) is 5.75 Å². The summed E-state index contributed by atoms with van der Waals surface area (Å²) < 4.78 is 0. The van der Waals surface area contributed by atoms with Crippen LogP contribution in [-0.2, 0) is 4.79 Å². The van der Waals surface area contributed by atoms with E-state index in [1.165, 1.54) is 6.07 Å². The molecule has 0 aliphatic carbocycles. The zero-order chi connectivity index (χ0) is 14.6. The van der Waals surface area contributed by atoms with E-state index in [2.05, 4.69) is 33.0 Å². The van der Waals surface area contributed by atoms with Crippen LogP contribution in [0.25, 0.3) is 0 Å². The van der Waals surface area contributed by atoms with Gasteiger partial charge in [0.1, 0.15) is 5.75 Å². The molecule has 0 fully saturated rings. The van der Waals surface area contributed by atoms with E-state index < -0.39 is 0 Å². The van der Waals surface area contributed by atoms with Crippen molar-refractivity contribution >= 4 is 23.2 Å². The molecule has 3 nitrogen and oxygen atoms in total. The van der Waals surface area contributed by atoms with Gasteiger partial charge in [-0.05, 0) is 36.0 Å². The molecule has 0 saturated carbocycles. The van der Waals surface area contributed by atoms with E-state index in [9.17, 15) is 9.90 Å². The van der Waals surface area contributed by atoms with E-state index in [4.69, 9.17) is 11.6 Å². The smallest absolute Gasteiger partial charge is 0.224 e. The SMILES string of the molecule is CC(CC(=O)Nc1ccc(O)c(Cl)c1)CC(C)(C)C. The van der Waals surface area contributed by atoms with Gasteiger partial charge in [0.15, 0.2) is 0 Å². The molecule has 0 aromatic heterocycles. The van der Waals surface area contributed by atoms with Crippen LogP contribution in [0.4, 0.5) is 5.69 Å². The Morgan fingerprint density at radius 1 is 1.42 bits per heavy atom. The molecule has 1 amide bonds. The molecule has 0 heterocycles. The van der Waals surface area contributed by atoms with Gasteiger partial charge in [0.05, 0.1) is 5.02 Å². The highest BCUT2D eigenvalue weighted by atomic mass is 35.5. The number of halogens is 1. The number of carbonyl (C=O) groups excluding carboxylic acids is 1. The summed E-state index contributed by atoms with van der Waals surface area (Å²) in [5, 5.41) is 12.3. The second-order valence-electron chi connectivity index (χ2n) is 6.29. The van der Waals surface area contributed by atoms with Crippen molar-refractivity contribution in [3.05, 3.63) is 23.2 Å². The van der Waals surface area contributed by atoms with Crippen molar-refractivity contribution in [3.8, 4) is 5.75 Å². The quantitative estimate of drug-likeness (QED) is 0.802. The highest BCUT2D eigenvalue weighted by Gasteiger charge is 2.17. The van der Waals surface area contributed by atoms with E-state index in [0.29, 0.717) is 18.0 Å². The topological polar surface area (TPSA) is 49.3 Å². The van der Waals surface area contributed by atoms with Crippen molar-refractivity contribution in [1.82, 2.24) is 0 Å². The van der Waals surface area contributed by atoms with Crippen molar-refractivity contribution in [3.63, 3.8) is 0 Å². The fraction of sp³-hybridized carbons (Fsp3) is 0.533. The van der Waals surface area contributed by atoms with Crippen LogP contribution < -0.4 is 5.32 Å². The number of nitrogens with one attached hydrogen (secondary N) is 1. The summed E-state index contributed by atoms with van der Waals surface area (Å²) in [5.41, 5.74) is 0.831. The van der Waals surface area contributed by atoms with Gasteiger partial charge >= 0.3 is 0 Å². The van der Waals surface area contributed by atoms with Gasteiger partial charge in [-0.3, -0.25) is 4.79 Å². The van der Waals surface area contributed by atoms with Crippen LogP contribution >= 0.6 is 11.6 Å². The molecule has 0 saturated heterocycles. The molecule has 1 atom stereocenters. The lowest BCUT2D eigenvalue weighted by Gasteiger charge is -2.22. The summed E-state index contributed by atoms with van der Waals surface area (Å²) in [4.78, 5) is 11.9. The van der Waals surface area contributed by atoms with Crippen molar-refractivity contribution in [1.29, 1.82) is 0 Å². The van der Waals surface area contributed by atoms with E-state index in [1.54, 1.807) is 12.1 Å². The average molecular weight is 284 g/mol. The molecule has 1 rings (SSSR count). The fourth-order valence-electron chi connectivity index (χ4n) is 2.23. The van der Waals surface area contributed by atoms with Gasteiger partial charge in [0, 0.05) is 12.1 Å². The maximum Gasteiger partial charge on any atom is 0.224 e. The molecule has 106 valence electrons. The number of rotatable bonds is 4. The molecule has 4 heteroatoms. The minimum atomic E-state index is -0.0292. The first-order chi connectivity index (χ1) is 8.67. The highest BCUT2D eigenvalue weighted by Crippen LogP contribution is 2.28. The number of phenols is 1. The maximum absolute atomic E-state index is 11.9. The van der Waals surface area contributed by atoms with Crippen LogP contribution in [-0.4, -0.2) is 11.0 Å². The molecule has 0 spiro atoms. The van der Waals surface area contributed by atoms with E-state index in [0.717, 1.165) is 6.42 Å². The third-order valence-corrected chi connectivity index (χ3v) is 3.03. The Morgan fingerprint density at radius 2 is 2.05 bits per heavy atom. The van der Waals surface area contributed by atoms with Crippen LogP contribution in [0, 0.1) is 11.3 Å². The molecule has 1 aromatic rings. The number of hydrogen-bond acceptors (Lipinski definition) is 2. The minimum Gasteiger partial charge on any atom is -0.506 e. The molecular formula is C15H22ClNO2. The Bertz CT molecular complexity index is 452. The lowest BCUT2D eigenvalue weighted by molar-refractivity contribution is -0.117. The first kappa shape index (κ1) is 15.8. The monoisotopic (exact) mass is 283 g/mol. The first-order valence-corrected chi connectivity index (χ1v) is 6.83. The summed E-state index contributed by atoms with van der Waals surface area (Å²) in [5.74, 6) is 0.312. The third-order valence-electron chi connectivity index (χ3n) is 2.73. The largest absolute Gasteiger partial charge is 0.506 e. The minimum absolute atomic E-state index is 0.0146. The van der Waals surface area contributed by atoms with E-state index in [1.807, 2.05) is 0 Å². The van der Waals surface area contributed by atoms with Crippen molar-refractivity contribution < 1.29 is 9.90 Å². The normalized spacial score (nSPS) is 13.1. The fourth-order valence-corrected chi connectivity index (χ4v) is 2.41. The Hall–Kier alpha value is -1.22. The second kappa shape index (κ2) is 6.29. The van der Waals surface area contributed by atoms with Gasteiger partial charge in [0.25, 0.3) is 0 Å². The molecule has 2 N–H and O–H groups in total. The number of hydrogen-bond donors (Lipinski definition) is 2. The average Bonchev–Trinajstić information content (AvgIpc) is 2.20. The van der Waals surface area contributed by atoms with Gasteiger partial charge < -0.3 is 10.4 Å². The van der Waals surface area contributed by atoms with Crippen LogP contribution in [0.2, 0.25) is 5.02 Å². The Kier molecular flexibility index (Phi) is 5.24. The Morgan fingerprint density at radius 3 is 2.58 bits per heavy atom. The summed E-state index contributed by atoms with van der Waals surface area (Å²) >= 11 is 5.79. The Labute approximate surface area is 120 Å². The van der Waals surface area contributed by atoms with Gasteiger partial charge in [-0.25, -0.2) is 0 Å². The molecule has 0 radical (unpaired) electrons. The number of benzene rings is 1. The van der Waals surface area contributed by atoms with Gasteiger partial charge in [0.2, 0.25) is 5.91 Å². The number of anilines is 1. The van der Waals surface area contributed by atoms with E-state index in [-0.39, 0.29) is 22.1 Å². The summed E-state index contributed by atoms with van der Waals surface area (Å²) in [7, 11) is 0.